The van der Waals surface area contributed by atoms with E-state index in [0.717, 1.165) is 32.4 Å². The average molecular weight is 263 g/mol. The van der Waals surface area contributed by atoms with Crippen LogP contribution in [0.5, 0.6) is 0 Å². The van der Waals surface area contributed by atoms with Crippen LogP contribution in [-0.2, 0) is 14.6 Å². The fourth-order valence-corrected chi connectivity index (χ4v) is 3.45. The van der Waals surface area contributed by atoms with Crippen LogP contribution in [0.15, 0.2) is 0 Å². The van der Waals surface area contributed by atoms with Gasteiger partial charge in [0.2, 0.25) is 0 Å². The van der Waals surface area contributed by atoms with E-state index in [1.807, 2.05) is 0 Å². The SMILES string of the molecule is CCCCCNCCS(=O)(=O)CC1CCCO1. The monoisotopic (exact) mass is 263 g/mol. The highest BCUT2D eigenvalue weighted by molar-refractivity contribution is 7.91. The second-order valence-corrected chi connectivity index (χ2v) is 6.94. The lowest BCUT2D eigenvalue weighted by Crippen LogP contribution is -2.29. The van der Waals surface area contributed by atoms with Gasteiger partial charge in [0, 0.05) is 13.2 Å². The Hall–Kier alpha value is -0.130. The smallest absolute Gasteiger partial charge is 0.154 e. The van der Waals surface area contributed by atoms with Crippen molar-refractivity contribution in [3.8, 4) is 0 Å². The largest absolute Gasteiger partial charge is 0.377 e. The van der Waals surface area contributed by atoms with Gasteiger partial charge in [-0.05, 0) is 25.8 Å². The Bertz CT molecular complexity index is 284. The Labute approximate surface area is 105 Å². The third kappa shape index (κ3) is 7.01. The fourth-order valence-electron chi connectivity index (χ4n) is 2.00. The molecule has 0 aromatic heterocycles. The zero-order valence-corrected chi connectivity index (χ0v) is 11.6. The van der Waals surface area contributed by atoms with Gasteiger partial charge in [-0.25, -0.2) is 8.42 Å². The van der Waals surface area contributed by atoms with Gasteiger partial charge < -0.3 is 10.1 Å². The zero-order valence-electron chi connectivity index (χ0n) is 10.8. The molecule has 4 nitrogen and oxygen atoms in total. The summed E-state index contributed by atoms with van der Waals surface area (Å²) in [5, 5.41) is 3.18. The number of rotatable bonds is 9. The van der Waals surface area contributed by atoms with Gasteiger partial charge in [-0.2, -0.15) is 0 Å². The lowest BCUT2D eigenvalue weighted by molar-refractivity contribution is 0.127. The van der Waals surface area contributed by atoms with Crippen LogP contribution < -0.4 is 5.32 Å². The van der Waals surface area contributed by atoms with Crippen molar-refractivity contribution in [3.63, 3.8) is 0 Å². The fraction of sp³-hybridized carbons (Fsp3) is 1.00. The molecule has 1 atom stereocenters. The summed E-state index contributed by atoms with van der Waals surface area (Å²) in [5.74, 6) is 0.433. The van der Waals surface area contributed by atoms with Crippen molar-refractivity contribution in [2.45, 2.75) is 45.1 Å². The maximum absolute atomic E-state index is 11.8. The highest BCUT2D eigenvalue weighted by atomic mass is 32.2. The number of hydrogen-bond acceptors (Lipinski definition) is 4. The molecule has 1 heterocycles. The molecule has 1 N–H and O–H groups in total. The first-order valence-corrected chi connectivity index (χ1v) is 8.49. The van der Waals surface area contributed by atoms with E-state index in [0.29, 0.717) is 6.54 Å². The molecule has 0 radical (unpaired) electrons. The van der Waals surface area contributed by atoms with Crippen molar-refractivity contribution in [2.75, 3.05) is 31.2 Å². The maximum atomic E-state index is 11.8. The third-order valence-electron chi connectivity index (χ3n) is 3.01. The topological polar surface area (TPSA) is 55.4 Å². The highest BCUT2D eigenvalue weighted by Crippen LogP contribution is 2.14. The van der Waals surface area contributed by atoms with Gasteiger partial charge in [0.15, 0.2) is 9.84 Å². The van der Waals surface area contributed by atoms with Gasteiger partial charge in [-0.15, -0.1) is 0 Å². The first-order chi connectivity index (χ1) is 8.14. The predicted octanol–water partition coefficient (Wildman–Crippen LogP) is 1.36. The van der Waals surface area contributed by atoms with Gasteiger partial charge >= 0.3 is 0 Å². The molecule has 1 aliphatic heterocycles. The van der Waals surface area contributed by atoms with Crippen LogP contribution in [0, 0.1) is 0 Å². The van der Waals surface area contributed by atoms with Gasteiger partial charge in [-0.3, -0.25) is 0 Å². The highest BCUT2D eigenvalue weighted by Gasteiger charge is 2.22. The van der Waals surface area contributed by atoms with Crippen LogP contribution in [0.25, 0.3) is 0 Å². The van der Waals surface area contributed by atoms with Crippen molar-refractivity contribution in [2.24, 2.45) is 0 Å². The standard InChI is InChI=1S/C12H25NO3S/c1-2-3-4-7-13-8-10-17(14,15)11-12-6-5-9-16-12/h12-13H,2-11H2,1H3. The average Bonchev–Trinajstić information content (AvgIpc) is 2.75. The van der Waals surface area contributed by atoms with E-state index in [1.54, 1.807) is 0 Å². The molecule has 0 amide bonds. The van der Waals surface area contributed by atoms with Gasteiger partial charge in [-0.1, -0.05) is 19.8 Å². The van der Waals surface area contributed by atoms with E-state index in [9.17, 15) is 8.42 Å². The Morgan fingerprint density at radius 3 is 2.76 bits per heavy atom. The van der Waals surface area contributed by atoms with Crippen molar-refractivity contribution < 1.29 is 13.2 Å². The van der Waals surface area contributed by atoms with E-state index >= 15 is 0 Å². The quantitative estimate of drug-likeness (QED) is 0.638. The number of ether oxygens (including phenoxy) is 1. The minimum Gasteiger partial charge on any atom is -0.377 e. The Morgan fingerprint density at radius 1 is 1.29 bits per heavy atom. The van der Waals surface area contributed by atoms with Crippen LogP contribution in [0.3, 0.4) is 0 Å². The molecule has 0 spiro atoms. The minimum atomic E-state index is -2.95. The number of nitrogens with one attached hydrogen (secondary N) is 1. The van der Waals surface area contributed by atoms with Crippen molar-refractivity contribution >= 4 is 9.84 Å². The summed E-state index contributed by atoms with van der Waals surface area (Å²) >= 11 is 0. The molecule has 0 aliphatic carbocycles. The molecule has 17 heavy (non-hydrogen) atoms. The van der Waals surface area contributed by atoms with Crippen LogP contribution in [-0.4, -0.2) is 45.7 Å². The lowest BCUT2D eigenvalue weighted by atomic mass is 10.2. The summed E-state index contributed by atoms with van der Waals surface area (Å²) in [6.45, 7) is 4.36. The second-order valence-electron chi connectivity index (χ2n) is 4.71. The summed E-state index contributed by atoms with van der Waals surface area (Å²) in [7, 11) is -2.95. The molecule has 1 aliphatic rings. The molecule has 1 saturated heterocycles. The Morgan fingerprint density at radius 2 is 2.12 bits per heavy atom. The third-order valence-corrected chi connectivity index (χ3v) is 4.72. The first kappa shape index (κ1) is 14.9. The van der Waals surface area contributed by atoms with E-state index in [1.165, 1.54) is 12.8 Å². The van der Waals surface area contributed by atoms with Crippen LogP contribution >= 0.6 is 0 Å². The second kappa shape index (κ2) is 8.06. The van der Waals surface area contributed by atoms with E-state index in [4.69, 9.17) is 4.74 Å². The summed E-state index contributed by atoms with van der Waals surface area (Å²) < 4.78 is 28.9. The van der Waals surface area contributed by atoms with Gasteiger partial charge in [0.05, 0.1) is 17.6 Å². The molecule has 1 rings (SSSR count). The molecule has 0 aromatic carbocycles. The number of unbranched alkanes of at least 4 members (excludes halogenated alkanes) is 2. The van der Waals surface area contributed by atoms with Crippen LogP contribution in [0.1, 0.15) is 39.0 Å². The lowest BCUT2D eigenvalue weighted by Gasteiger charge is -2.10. The molecule has 1 unspecified atom stereocenters. The molecule has 0 bridgehead atoms. The summed E-state index contributed by atoms with van der Waals surface area (Å²) in [6.07, 6.45) is 5.36. The van der Waals surface area contributed by atoms with Crippen LogP contribution in [0.4, 0.5) is 0 Å². The molecule has 102 valence electrons. The normalized spacial score (nSPS) is 20.9. The predicted molar refractivity (Wildman–Crippen MR) is 70.0 cm³/mol. The molecule has 5 heteroatoms. The molecular formula is C12H25NO3S. The molecule has 0 aromatic rings. The Kier molecular flexibility index (Phi) is 7.08. The number of hydrogen-bond donors (Lipinski definition) is 1. The summed E-state index contributed by atoms with van der Waals surface area (Å²) in [5.41, 5.74) is 0. The zero-order chi connectivity index (χ0) is 12.6. The molecular weight excluding hydrogens is 238 g/mol. The van der Waals surface area contributed by atoms with E-state index in [-0.39, 0.29) is 17.6 Å². The van der Waals surface area contributed by atoms with Crippen molar-refractivity contribution in [3.05, 3.63) is 0 Å². The maximum Gasteiger partial charge on any atom is 0.154 e. The van der Waals surface area contributed by atoms with Crippen molar-refractivity contribution in [1.82, 2.24) is 5.32 Å². The first-order valence-electron chi connectivity index (χ1n) is 6.67. The minimum absolute atomic E-state index is 0.0555. The van der Waals surface area contributed by atoms with Gasteiger partial charge in [0.25, 0.3) is 0 Å². The van der Waals surface area contributed by atoms with Crippen LogP contribution in [0.2, 0.25) is 0 Å². The summed E-state index contributed by atoms with van der Waals surface area (Å²) in [6, 6.07) is 0. The summed E-state index contributed by atoms with van der Waals surface area (Å²) in [4.78, 5) is 0. The van der Waals surface area contributed by atoms with Crippen molar-refractivity contribution in [1.29, 1.82) is 0 Å². The van der Waals surface area contributed by atoms with E-state index in [2.05, 4.69) is 12.2 Å². The molecule has 1 fully saturated rings. The van der Waals surface area contributed by atoms with E-state index < -0.39 is 9.84 Å². The van der Waals surface area contributed by atoms with Gasteiger partial charge in [0.1, 0.15) is 0 Å². The molecule has 0 saturated carbocycles. The Balaban J connectivity index is 2.07. The number of sulfone groups is 1.